The first kappa shape index (κ1) is 12.1. The molecule has 0 spiro atoms. The highest BCUT2D eigenvalue weighted by Gasteiger charge is 2.41. The molecule has 3 atom stereocenters. The van der Waals surface area contributed by atoms with E-state index in [4.69, 9.17) is 10.5 Å². The SMILES string of the molecule is Nc1c(C(=O)NC2CC3CCC2O3)sc2ncccc12. The molecule has 6 heteroatoms. The molecule has 2 bridgehead atoms. The predicted molar refractivity (Wildman–Crippen MR) is 77.8 cm³/mol. The van der Waals surface area contributed by atoms with E-state index in [1.807, 2.05) is 12.1 Å². The number of carbonyl (C=O) groups excluding carboxylic acids is 1. The van der Waals surface area contributed by atoms with Gasteiger partial charge in [-0.25, -0.2) is 4.98 Å². The molecule has 0 saturated carbocycles. The zero-order valence-electron chi connectivity index (χ0n) is 10.8. The summed E-state index contributed by atoms with van der Waals surface area (Å²) >= 11 is 1.35. The summed E-state index contributed by atoms with van der Waals surface area (Å²) in [6.07, 6.45) is 5.29. The standard InChI is InChI=1S/C14H15N3O2S/c15-11-8-2-1-5-16-14(8)20-12(11)13(18)17-9-6-7-3-4-10(9)19-7/h1-2,5,7,9-10H,3-4,6,15H2,(H,17,18). The first-order valence-electron chi connectivity index (χ1n) is 6.81. The molecule has 1 amide bonds. The van der Waals surface area contributed by atoms with Crippen LogP contribution in [0, 0.1) is 0 Å². The minimum atomic E-state index is -0.105. The smallest absolute Gasteiger partial charge is 0.263 e. The Morgan fingerprint density at radius 2 is 2.40 bits per heavy atom. The van der Waals surface area contributed by atoms with Gasteiger partial charge in [0.1, 0.15) is 9.71 Å². The monoisotopic (exact) mass is 289 g/mol. The molecular weight excluding hydrogens is 274 g/mol. The Kier molecular flexibility index (Phi) is 2.68. The number of nitrogens with one attached hydrogen (secondary N) is 1. The Morgan fingerprint density at radius 3 is 3.10 bits per heavy atom. The van der Waals surface area contributed by atoms with Crippen LogP contribution in [-0.2, 0) is 4.74 Å². The number of fused-ring (bicyclic) bond motifs is 3. The molecule has 2 fully saturated rings. The van der Waals surface area contributed by atoms with Crippen LogP contribution in [0.15, 0.2) is 18.3 Å². The van der Waals surface area contributed by atoms with Gasteiger partial charge in [-0.3, -0.25) is 4.79 Å². The van der Waals surface area contributed by atoms with Gasteiger partial charge < -0.3 is 15.8 Å². The molecule has 0 radical (unpaired) electrons. The van der Waals surface area contributed by atoms with Crippen LogP contribution in [0.1, 0.15) is 28.9 Å². The van der Waals surface area contributed by atoms with E-state index in [9.17, 15) is 4.79 Å². The normalized spacial score (nSPS) is 28.1. The van der Waals surface area contributed by atoms with Crippen LogP contribution in [0.2, 0.25) is 0 Å². The first-order chi connectivity index (χ1) is 9.72. The number of nitrogens with zero attached hydrogens (tertiary/aromatic N) is 1. The quantitative estimate of drug-likeness (QED) is 0.885. The summed E-state index contributed by atoms with van der Waals surface area (Å²) in [6.45, 7) is 0. The number of hydrogen-bond donors (Lipinski definition) is 2. The molecular formula is C14H15N3O2S. The van der Waals surface area contributed by atoms with Crippen LogP contribution in [0.25, 0.3) is 10.2 Å². The van der Waals surface area contributed by atoms with E-state index < -0.39 is 0 Å². The highest BCUT2D eigenvalue weighted by molar-refractivity contribution is 7.21. The number of ether oxygens (including phenoxy) is 1. The second kappa shape index (κ2) is 4.43. The fourth-order valence-electron chi connectivity index (χ4n) is 3.14. The summed E-state index contributed by atoms with van der Waals surface area (Å²) in [5, 5.41) is 3.92. The van der Waals surface area contributed by atoms with Crippen LogP contribution in [0.4, 0.5) is 5.69 Å². The molecule has 2 aromatic heterocycles. The van der Waals surface area contributed by atoms with Gasteiger partial charge in [0.15, 0.2) is 0 Å². The van der Waals surface area contributed by atoms with Gasteiger partial charge in [-0.1, -0.05) is 0 Å². The van der Waals surface area contributed by atoms with Crippen molar-refractivity contribution < 1.29 is 9.53 Å². The maximum Gasteiger partial charge on any atom is 0.263 e. The maximum absolute atomic E-state index is 12.4. The number of nitrogen functional groups attached to an aromatic ring is 1. The Morgan fingerprint density at radius 1 is 1.50 bits per heavy atom. The second-order valence-corrected chi connectivity index (χ2v) is 6.39. The van der Waals surface area contributed by atoms with E-state index in [0.29, 0.717) is 16.7 Å². The molecule has 2 aliphatic heterocycles. The van der Waals surface area contributed by atoms with Gasteiger partial charge in [0.25, 0.3) is 5.91 Å². The molecule has 2 saturated heterocycles. The molecule has 104 valence electrons. The van der Waals surface area contributed by atoms with Crippen LogP contribution < -0.4 is 11.1 Å². The van der Waals surface area contributed by atoms with E-state index in [1.165, 1.54) is 11.3 Å². The molecule has 4 rings (SSSR count). The van der Waals surface area contributed by atoms with Gasteiger partial charge in [0, 0.05) is 11.6 Å². The third kappa shape index (κ3) is 1.79. The Bertz CT molecular complexity index is 684. The fraction of sp³-hybridized carbons (Fsp3) is 0.429. The van der Waals surface area contributed by atoms with E-state index in [0.717, 1.165) is 29.5 Å². The Hall–Kier alpha value is -1.66. The third-order valence-corrected chi connectivity index (χ3v) is 5.26. The summed E-state index contributed by atoms with van der Waals surface area (Å²) in [6, 6.07) is 3.85. The number of nitrogens with two attached hydrogens (primary N) is 1. The Balaban J connectivity index is 1.59. The minimum Gasteiger partial charge on any atom is -0.397 e. The van der Waals surface area contributed by atoms with Gasteiger partial charge in [0.2, 0.25) is 0 Å². The van der Waals surface area contributed by atoms with E-state index >= 15 is 0 Å². The number of rotatable bonds is 2. The number of amides is 1. The van der Waals surface area contributed by atoms with Gasteiger partial charge in [-0.15, -0.1) is 11.3 Å². The Labute approximate surface area is 120 Å². The fourth-order valence-corrected chi connectivity index (χ4v) is 4.11. The molecule has 20 heavy (non-hydrogen) atoms. The maximum atomic E-state index is 12.4. The first-order valence-corrected chi connectivity index (χ1v) is 7.63. The summed E-state index contributed by atoms with van der Waals surface area (Å²) in [5.74, 6) is -0.105. The number of pyridine rings is 1. The molecule has 4 heterocycles. The van der Waals surface area contributed by atoms with Gasteiger partial charge in [-0.2, -0.15) is 0 Å². The minimum absolute atomic E-state index is 0.105. The van der Waals surface area contributed by atoms with Crippen molar-refractivity contribution in [2.75, 3.05) is 5.73 Å². The summed E-state index contributed by atoms with van der Waals surface area (Å²) < 4.78 is 5.76. The average Bonchev–Trinajstić information content (AvgIpc) is 3.14. The van der Waals surface area contributed by atoms with E-state index in [-0.39, 0.29) is 18.1 Å². The molecule has 5 nitrogen and oxygen atoms in total. The van der Waals surface area contributed by atoms with Crippen molar-refractivity contribution in [3.05, 3.63) is 23.2 Å². The number of aromatic nitrogens is 1. The summed E-state index contributed by atoms with van der Waals surface area (Å²) in [4.78, 5) is 18.0. The third-order valence-electron chi connectivity index (χ3n) is 4.13. The lowest BCUT2D eigenvalue weighted by Gasteiger charge is -2.19. The number of thiophene rings is 1. The van der Waals surface area contributed by atoms with Crippen LogP contribution in [-0.4, -0.2) is 29.1 Å². The highest BCUT2D eigenvalue weighted by Crippen LogP contribution is 2.36. The van der Waals surface area contributed by atoms with Crippen molar-refractivity contribution in [1.29, 1.82) is 0 Å². The van der Waals surface area contributed by atoms with Gasteiger partial charge >= 0.3 is 0 Å². The van der Waals surface area contributed by atoms with Gasteiger partial charge in [-0.05, 0) is 31.4 Å². The number of hydrogen-bond acceptors (Lipinski definition) is 5. The molecule has 2 aliphatic rings. The summed E-state index contributed by atoms with van der Waals surface area (Å²) in [5.41, 5.74) is 6.60. The van der Waals surface area contributed by atoms with Crippen LogP contribution in [0.5, 0.6) is 0 Å². The zero-order chi connectivity index (χ0) is 13.7. The highest BCUT2D eigenvalue weighted by atomic mass is 32.1. The molecule has 2 aromatic rings. The van der Waals surface area contributed by atoms with Gasteiger partial charge in [0.05, 0.1) is 23.9 Å². The average molecular weight is 289 g/mol. The molecule has 0 aromatic carbocycles. The van der Waals surface area contributed by atoms with E-state index in [1.54, 1.807) is 6.20 Å². The summed E-state index contributed by atoms with van der Waals surface area (Å²) in [7, 11) is 0. The van der Waals surface area contributed by atoms with E-state index in [2.05, 4.69) is 10.3 Å². The second-order valence-electron chi connectivity index (χ2n) is 5.39. The van der Waals surface area contributed by atoms with Crippen molar-refractivity contribution in [2.45, 2.75) is 37.5 Å². The number of anilines is 1. The lowest BCUT2D eigenvalue weighted by molar-refractivity contribution is 0.0844. The molecule has 0 aliphatic carbocycles. The topological polar surface area (TPSA) is 77.2 Å². The van der Waals surface area contributed by atoms with Crippen LogP contribution >= 0.6 is 11.3 Å². The lowest BCUT2D eigenvalue weighted by Crippen LogP contribution is -2.41. The lowest BCUT2D eigenvalue weighted by atomic mass is 9.95. The largest absolute Gasteiger partial charge is 0.397 e. The van der Waals surface area contributed by atoms with Crippen molar-refractivity contribution in [1.82, 2.24) is 10.3 Å². The molecule has 3 N–H and O–H groups in total. The van der Waals surface area contributed by atoms with Crippen molar-refractivity contribution in [3.8, 4) is 0 Å². The number of carbonyl (C=O) groups is 1. The zero-order valence-corrected chi connectivity index (χ0v) is 11.7. The van der Waals surface area contributed by atoms with Crippen molar-refractivity contribution in [3.63, 3.8) is 0 Å². The molecule has 3 unspecified atom stereocenters. The van der Waals surface area contributed by atoms with Crippen molar-refractivity contribution in [2.24, 2.45) is 0 Å². The van der Waals surface area contributed by atoms with Crippen molar-refractivity contribution >= 4 is 33.1 Å². The predicted octanol–water partition coefficient (Wildman–Crippen LogP) is 1.93. The van der Waals surface area contributed by atoms with Crippen LogP contribution in [0.3, 0.4) is 0 Å².